The van der Waals surface area contributed by atoms with E-state index in [1.165, 1.54) is 11.8 Å². The fraction of sp³-hybridized carbons (Fsp3) is 0.222. The molecule has 0 fully saturated rings. The van der Waals surface area contributed by atoms with Gasteiger partial charge in [0.15, 0.2) is 11.0 Å². The molecule has 8 heteroatoms. The SMILES string of the molecule is CCn1c(SCC(=O)Nc2ccc(Br)c(C)c2)nnc1-c1cccnc1. The highest BCUT2D eigenvalue weighted by Crippen LogP contribution is 2.24. The number of hydrogen-bond donors (Lipinski definition) is 1. The largest absolute Gasteiger partial charge is 0.325 e. The lowest BCUT2D eigenvalue weighted by atomic mass is 10.2. The van der Waals surface area contributed by atoms with Gasteiger partial charge in [-0.3, -0.25) is 9.78 Å². The molecule has 0 aliphatic rings. The van der Waals surface area contributed by atoms with Gasteiger partial charge in [0.2, 0.25) is 5.91 Å². The smallest absolute Gasteiger partial charge is 0.234 e. The number of nitrogens with zero attached hydrogens (tertiary/aromatic N) is 4. The molecule has 6 nitrogen and oxygen atoms in total. The number of benzene rings is 1. The molecule has 1 amide bonds. The van der Waals surface area contributed by atoms with Gasteiger partial charge in [0, 0.05) is 34.7 Å². The summed E-state index contributed by atoms with van der Waals surface area (Å²) in [4.78, 5) is 16.4. The van der Waals surface area contributed by atoms with E-state index in [1.54, 1.807) is 12.4 Å². The Hall–Kier alpha value is -2.19. The number of carbonyl (C=O) groups is 1. The summed E-state index contributed by atoms with van der Waals surface area (Å²) >= 11 is 4.82. The minimum atomic E-state index is -0.0784. The summed E-state index contributed by atoms with van der Waals surface area (Å²) in [6, 6.07) is 9.53. The molecule has 1 N–H and O–H groups in total. The number of anilines is 1. The molecule has 0 bridgehead atoms. The number of amides is 1. The zero-order valence-corrected chi connectivity index (χ0v) is 16.8. The number of pyridine rings is 1. The fourth-order valence-corrected chi connectivity index (χ4v) is 3.49. The van der Waals surface area contributed by atoms with Gasteiger partial charge >= 0.3 is 0 Å². The summed E-state index contributed by atoms with van der Waals surface area (Å²) in [5, 5.41) is 12.1. The van der Waals surface area contributed by atoms with E-state index < -0.39 is 0 Å². The molecule has 2 heterocycles. The lowest BCUT2D eigenvalue weighted by Gasteiger charge is -2.08. The summed E-state index contributed by atoms with van der Waals surface area (Å²) in [5.74, 6) is 0.942. The second-order valence-corrected chi connectivity index (χ2v) is 7.39. The Morgan fingerprint density at radius 3 is 2.85 bits per heavy atom. The minimum Gasteiger partial charge on any atom is -0.325 e. The van der Waals surface area contributed by atoms with Crippen LogP contribution in [0.4, 0.5) is 5.69 Å². The normalized spacial score (nSPS) is 10.7. The Morgan fingerprint density at radius 1 is 1.31 bits per heavy atom. The van der Waals surface area contributed by atoms with Crippen LogP contribution in [-0.4, -0.2) is 31.4 Å². The first kappa shape index (κ1) is 18.6. The molecule has 134 valence electrons. The zero-order chi connectivity index (χ0) is 18.5. The van der Waals surface area contributed by atoms with Crippen LogP contribution in [0.3, 0.4) is 0 Å². The number of thioether (sulfide) groups is 1. The molecular formula is C18H18BrN5OS. The number of hydrogen-bond acceptors (Lipinski definition) is 5. The van der Waals surface area contributed by atoms with Crippen LogP contribution in [0.25, 0.3) is 11.4 Å². The van der Waals surface area contributed by atoms with Crippen LogP contribution < -0.4 is 5.32 Å². The molecule has 0 saturated heterocycles. The van der Waals surface area contributed by atoms with E-state index in [0.29, 0.717) is 11.7 Å². The van der Waals surface area contributed by atoms with Crippen molar-refractivity contribution in [1.82, 2.24) is 19.7 Å². The van der Waals surface area contributed by atoms with Crippen molar-refractivity contribution in [2.75, 3.05) is 11.1 Å². The lowest BCUT2D eigenvalue weighted by Crippen LogP contribution is -2.14. The van der Waals surface area contributed by atoms with Crippen molar-refractivity contribution in [1.29, 1.82) is 0 Å². The third-order valence-corrected chi connectivity index (χ3v) is 5.58. The van der Waals surface area contributed by atoms with Crippen molar-refractivity contribution in [2.45, 2.75) is 25.5 Å². The van der Waals surface area contributed by atoms with Gasteiger partial charge in [0.25, 0.3) is 0 Å². The summed E-state index contributed by atoms with van der Waals surface area (Å²) in [6.45, 7) is 4.73. The molecule has 0 aliphatic carbocycles. The van der Waals surface area contributed by atoms with Crippen molar-refractivity contribution in [3.63, 3.8) is 0 Å². The first-order valence-electron chi connectivity index (χ1n) is 8.11. The third kappa shape index (κ3) is 4.31. The molecule has 0 radical (unpaired) electrons. The number of halogens is 1. The van der Waals surface area contributed by atoms with E-state index in [2.05, 4.69) is 36.4 Å². The molecular weight excluding hydrogens is 414 g/mol. The summed E-state index contributed by atoms with van der Waals surface area (Å²) in [7, 11) is 0. The molecule has 1 aromatic carbocycles. The highest BCUT2D eigenvalue weighted by atomic mass is 79.9. The molecule has 0 saturated carbocycles. The Bertz CT molecular complexity index is 913. The van der Waals surface area contributed by atoms with E-state index in [4.69, 9.17) is 0 Å². The predicted molar refractivity (Wildman–Crippen MR) is 107 cm³/mol. The van der Waals surface area contributed by atoms with E-state index in [9.17, 15) is 4.79 Å². The maximum absolute atomic E-state index is 12.2. The quantitative estimate of drug-likeness (QED) is 0.593. The van der Waals surface area contributed by atoms with Crippen molar-refractivity contribution in [2.24, 2.45) is 0 Å². The molecule has 2 aromatic heterocycles. The van der Waals surface area contributed by atoms with Gasteiger partial charge in [-0.05, 0) is 49.7 Å². The maximum atomic E-state index is 12.2. The number of carbonyl (C=O) groups excluding carboxylic acids is 1. The molecule has 3 rings (SSSR count). The highest BCUT2D eigenvalue weighted by Gasteiger charge is 2.14. The first-order chi connectivity index (χ1) is 12.6. The van der Waals surface area contributed by atoms with Gasteiger partial charge in [-0.25, -0.2) is 0 Å². The third-order valence-electron chi connectivity index (χ3n) is 3.73. The Kier molecular flexibility index (Phi) is 6.05. The second-order valence-electron chi connectivity index (χ2n) is 5.59. The second kappa shape index (κ2) is 8.46. The summed E-state index contributed by atoms with van der Waals surface area (Å²) < 4.78 is 3.00. The van der Waals surface area contributed by atoms with Crippen LogP contribution in [-0.2, 0) is 11.3 Å². The zero-order valence-electron chi connectivity index (χ0n) is 14.4. The molecule has 0 atom stereocenters. The van der Waals surface area contributed by atoms with Crippen molar-refractivity contribution in [3.05, 3.63) is 52.8 Å². The molecule has 0 spiro atoms. The molecule has 0 unspecified atom stereocenters. The van der Waals surface area contributed by atoms with Gasteiger partial charge in [-0.2, -0.15) is 0 Å². The Morgan fingerprint density at radius 2 is 2.15 bits per heavy atom. The van der Waals surface area contributed by atoms with Crippen LogP contribution in [0, 0.1) is 6.92 Å². The van der Waals surface area contributed by atoms with Gasteiger partial charge < -0.3 is 9.88 Å². The predicted octanol–water partition coefficient (Wildman–Crippen LogP) is 4.16. The fourth-order valence-electron chi connectivity index (χ4n) is 2.44. The summed E-state index contributed by atoms with van der Waals surface area (Å²) in [6.07, 6.45) is 3.48. The maximum Gasteiger partial charge on any atom is 0.234 e. The van der Waals surface area contributed by atoms with Crippen LogP contribution in [0.1, 0.15) is 12.5 Å². The van der Waals surface area contributed by atoms with Crippen molar-refractivity contribution >= 4 is 39.3 Å². The van der Waals surface area contributed by atoms with Gasteiger partial charge in [0.1, 0.15) is 0 Å². The van der Waals surface area contributed by atoms with Gasteiger partial charge in [-0.1, -0.05) is 27.7 Å². The topological polar surface area (TPSA) is 72.7 Å². The number of nitrogens with one attached hydrogen (secondary N) is 1. The van der Waals surface area contributed by atoms with Crippen molar-refractivity contribution in [3.8, 4) is 11.4 Å². The highest BCUT2D eigenvalue weighted by molar-refractivity contribution is 9.10. The Balaban J connectivity index is 1.67. The monoisotopic (exact) mass is 431 g/mol. The average Bonchev–Trinajstić information content (AvgIpc) is 3.07. The van der Waals surface area contributed by atoms with E-state index in [0.717, 1.165) is 27.1 Å². The standard InChI is InChI=1S/C18H18BrN5OS/c1-3-24-17(13-5-4-8-20-10-13)22-23-18(24)26-11-16(25)21-14-6-7-15(19)12(2)9-14/h4-10H,3,11H2,1-2H3,(H,21,25). The van der Waals surface area contributed by atoms with Gasteiger partial charge in [0.05, 0.1) is 5.75 Å². The minimum absolute atomic E-state index is 0.0784. The number of aryl methyl sites for hydroxylation is 1. The van der Waals surface area contributed by atoms with Crippen molar-refractivity contribution < 1.29 is 4.79 Å². The number of aromatic nitrogens is 4. The van der Waals surface area contributed by atoms with Crippen LogP contribution >= 0.6 is 27.7 Å². The Labute approximate surface area is 164 Å². The number of rotatable bonds is 6. The molecule has 0 aliphatic heterocycles. The molecule has 26 heavy (non-hydrogen) atoms. The van der Waals surface area contributed by atoms with Crippen LogP contribution in [0.2, 0.25) is 0 Å². The van der Waals surface area contributed by atoms with E-state index >= 15 is 0 Å². The average molecular weight is 432 g/mol. The van der Waals surface area contributed by atoms with E-state index in [-0.39, 0.29) is 11.7 Å². The summed E-state index contributed by atoms with van der Waals surface area (Å²) in [5.41, 5.74) is 2.76. The van der Waals surface area contributed by atoms with Crippen LogP contribution in [0.5, 0.6) is 0 Å². The van der Waals surface area contributed by atoms with E-state index in [1.807, 2.05) is 48.7 Å². The molecule has 3 aromatic rings. The first-order valence-corrected chi connectivity index (χ1v) is 9.88. The van der Waals surface area contributed by atoms with Crippen LogP contribution in [0.15, 0.2) is 52.4 Å². The van der Waals surface area contributed by atoms with Gasteiger partial charge in [-0.15, -0.1) is 10.2 Å². The lowest BCUT2D eigenvalue weighted by molar-refractivity contribution is -0.113.